The number of furan rings is 1. The summed E-state index contributed by atoms with van der Waals surface area (Å²) < 4.78 is 11.3. The highest BCUT2D eigenvalue weighted by atomic mass is 16.6. The van der Waals surface area contributed by atoms with E-state index in [1.165, 1.54) is 12.1 Å². The molecule has 0 aliphatic carbocycles. The maximum Gasteiger partial charge on any atom is 0.269 e. The van der Waals surface area contributed by atoms with E-state index in [0.717, 1.165) is 11.0 Å². The first-order chi connectivity index (χ1) is 16.1. The number of nitro groups is 1. The fourth-order valence-corrected chi connectivity index (χ4v) is 3.72. The number of morpholine rings is 1. The maximum absolute atomic E-state index is 13.4. The third-order valence-electron chi connectivity index (χ3n) is 5.45. The van der Waals surface area contributed by atoms with Gasteiger partial charge in [0, 0.05) is 30.8 Å². The summed E-state index contributed by atoms with van der Waals surface area (Å²) in [6.07, 6.45) is 1.67. The Labute approximate surface area is 188 Å². The molecule has 1 aliphatic rings. The van der Waals surface area contributed by atoms with Gasteiger partial charge in [-0.3, -0.25) is 14.9 Å². The molecule has 1 aliphatic heterocycles. The molecule has 0 bridgehead atoms. The Kier molecular flexibility index (Phi) is 5.45. The second kappa shape index (κ2) is 8.71. The predicted molar refractivity (Wildman–Crippen MR) is 122 cm³/mol. The van der Waals surface area contributed by atoms with Crippen molar-refractivity contribution < 1.29 is 18.9 Å². The number of amides is 1. The number of hydrogen-bond acceptors (Lipinski definition) is 6. The van der Waals surface area contributed by atoms with Crippen LogP contribution in [-0.2, 0) is 9.53 Å². The van der Waals surface area contributed by atoms with Crippen molar-refractivity contribution in [3.8, 4) is 11.3 Å². The second-order valence-corrected chi connectivity index (χ2v) is 7.57. The van der Waals surface area contributed by atoms with E-state index in [4.69, 9.17) is 9.15 Å². The summed E-state index contributed by atoms with van der Waals surface area (Å²) in [4.78, 5) is 33.4. The summed E-state index contributed by atoms with van der Waals surface area (Å²) in [6.45, 7) is 1.99. The largest absolute Gasteiger partial charge is 0.457 e. The molecule has 1 N–H and O–H groups in total. The minimum absolute atomic E-state index is 0.00806. The lowest BCUT2D eigenvalue weighted by atomic mass is 10.1. The van der Waals surface area contributed by atoms with Gasteiger partial charge in [-0.1, -0.05) is 12.1 Å². The van der Waals surface area contributed by atoms with Gasteiger partial charge in [0.05, 0.1) is 34.7 Å². The standard InChI is InChI=1S/C24H20N4O5/c29-24(27-11-13-32-14-12-27)19(23-25-20-3-1-2-4-21(20)26-23)15-18-9-10-22(33-18)16-5-7-17(8-6-16)28(30)31/h1-10,15H,11-14H2,(H,25,26). The van der Waals surface area contributed by atoms with E-state index >= 15 is 0 Å². The molecule has 2 aromatic heterocycles. The van der Waals surface area contributed by atoms with Gasteiger partial charge >= 0.3 is 0 Å². The number of nitro benzene ring substituents is 1. The third-order valence-corrected chi connectivity index (χ3v) is 5.45. The van der Waals surface area contributed by atoms with E-state index in [1.54, 1.807) is 35.2 Å². The number of rotatable bonds is 5. The summed E-state index contributed by atoms with van der Waals surface area (Å²) in [5, 5.41) is 10.9. The number of aromatic amines is 1. The lowest BCUT2D eigenvalue weighted by Gasteiger charge is -2.27. The molecule has 0 spiro atoms. The Morgan fingerprint density at radius 1 is 1.06 bits per heavy atom. The van der Waals surface area contributed by atoms with Crippen LogP contribution in [0, 0.1) is 10.1 Å². The molecule has 0 saturated carbocycles. The van der Waals surface area contributed by atoms with E-state index < -0.39 is 4.92 Å². The van der Waals surface area contributed by atoms with Gasteiger partial charge in [-0.15, -0.1) is 0 Å². The lowest BCUT2D eigenvalue weighted by Crippen LogP contribution is -2.41. The number of carbonyl (C=O) groups is 1. The molecule has 4 aromatic rings. The second-order valence-electron chi connectivity index (χ2n) is 7.57. The highest BCUT2D eigenvalue weighted by Crippen LogP contribution is 2.28. The summed E-state index contributed by atoms with van der Waals surface area (Å²) in [5.74, 6) is 1.31. The van der Waals surface area contributed by atoms with Crippen LogP contribution in [0.2, 0.25) is 0 Å². The molecule has 3 heterocycles. The number of H-pyrrole nitrogens is 1. The van der Waals surface area contributed by atoms with E-state index in [0.29, 0.717) is 54.8 Å². The van der Waals surface area contributed by atoms with Crippen LogP contribution in [0.25, 0.3) is 34.0 Å². The third kappa shape index (κ3) is 4.26. The number of para-hydroxylation sites is 2. The number of benzene rings is 2. The Balaban J connectivity index is 1.51. The molecule has 9 heteroatoms. The number of imidazole rings is 1. The number of ether oxygens (including phenoxy) is 1. The normalized spacial score (nSPS) is 14.5. The number of non-ortho nitro benzene ring substituents is 1. The van der Waals surface area contributed by atoms with Gasteiger partial charge in [0.2, 0.25) is 0 Å². The van der Waals surface area contributed by atoms with Crippen molar-refractivity contribution in [2.45, 2.75) is 0 Å². The average Bonchev–Trinajstić information content (AvgIpc) is 3.50. The van der Waals surface area contributed by atoms with Gasteiger partial charge < -0.3 is 19.0 Å². The number of hydrogen-bond donors (Lipinski definition) is 1. The summed E-state index contributed by atoms with van der Waals surface area (Å²) >= 11 is 0. The number of nitrogens with one attached hydrogen (secondary N) is 1. The summed E-state index contributed by atoms with van der Waals surface area (Å²) in [5.41, 5.74) is 2.69. The van der Waals surface area contributed by atoms with Gasteiger partial charge in [-0.05, 0) is 42.5 Å². The molecule has 0 atom stereocenters. The molecule has 166 valence electrons. The molecule has 5 rings (SSSR count). The van der Waals surface area contributed by atoms with Gasteiger partial charge in [0.15, 0.2) is 0 Å². The molecule has 33 heavy (non-hydrogen) atoms. The zero-order valence-corrected chi connectivity index (χ0v) is 17.6. The topological polar surface area (TPSA) is 114 Å². The van der Waals surface area contributed by atoms with Crippen LogP contribution >= 0.6 is 0 Å². The number of aromatic nitrogens is 2. The molecule has 9 nitrogen and oxygen atoms in total. The fourth-order valence-electron chi connectivity index (χ4n) is 3.72. The van der Waals surface area contributed by atoms with Gasteiger partial charge in [-0.25, -0.2) is 4.98 Å². The molecular weight excluding hydrogens is 424 g/mol. The summed E-state index contributed by atoms with van der Waals surface area (Å²) in [6, 6.07) is 17.2. The monoisotopic (exact) mass is 444 g/mol. The zero-order valence-electron chi connectivity index (χ0n) is 17.6. The minimum Gasteiger partial charge on any atom is -0.457 e. The molecule has 1 amide bonds. The highest BCUT2D eigenvalue weighted by molar-refractivity contribution is 6.23. The minimum atomic E-state index is -0.447. The van der Waals surface area contributed by atoms with E-state index in [1.807, 2.05) is 24.3 Å². The first-order valence-electron chi connectivity index (χ1n) is 10.5. The Bertz CT molecular complexity index is 1310. The molecule has 0 unspecified atom stereocenters. The van der Waals surface area contributed by atoms with Crippen molar-refractivity contribution in [3.05, 3.63) is 82.4 Å². The van der Waals surface area contributed by atoms with Gasteiger partial charge in [0.25, 0.3) is 11.6 Å². The first kappa shape index (κ1) is 20.7. The predicted octanol–water partition coefficient (Wildman–Crippen LogP) is 4.13. The van der Waals surface area contributed by atoms with Crippen molar-refractivity contribution in [1.82, 2.24) is 14.9 Å². The highest BCUT2D eigenvalue weighted by Gasteiger charge is 2.24. The van der Waals surface area contributed by atoms with Crippen LogP contribution in [0.3, 0.4) is 0 Å². The van der Waals surface area contributed by atoms with Crippen LogP contribution in [-0.4, -0.2) is 52.0 Å². The van der Waals surface area contributed by atoms with Gasteiger partial charge in [0.1, 0.15) is 17.3 Å². The van der Waals surface area contributed by atoms with Crippen LogP contribution in [0.4, 0.5) is 5.69 Å². The molecular formula is C24H20N4O5. The Morgan fingerprint density at radius 2 is 1.82 bits per heavy atom. The Hall–Kier alpha value is -4.24. The molecule has 2 aromatic carbocycles. The van der Waals surface area contributed by atoms with Gasteiger partial charge in [-0.2, -0.15) is 0 Å². The van der Waals surface area contributed by atoms with E-state index in [2.05, 4.69) is 9.97 Å². The molecule has 1 fully saturated rings. The van der Waals surface area contributed by atoms with Crippen molar-refractivity contribution in [2.75, 3.05) is 26.3 Å². The zero-order chi connectivity index (χ0) is 22.8. The van der Waals surface area contributed by atoms with Crippen molar-refractivity contribution in [3.63, 3.8) is 0 Å². The van der Waals surface area contributed by atoms with Crippen molar-refractivity contribution in [1.29, 1.82) is 0 Å². The summed E-state index contributed by atoms with van der Waals surface area (Å²) in [7, 11) is 0. The van der Waals surface area contributed by atoms with E-state index in [-0.39, 0.29) is 11.6 Å². The van der Waals surface area contributed by atoms with E-state index in [9.17, 15) is 14.9 Å². The average molecular weight is 444 g/mol. The Morgan fingerprint density at radius 3 is 2.55 bits per heavy atom. The molecule has 1 saturated heterocycles. The van der Waals surface area contributed by atoms with Crippen molar-refractivity contribution >= 4 is 34.3 Å². The molecule has 0 radical (unpaired) electrons. The quantitative estimate of drug-likeness (QED) is 0.281. The maximum atomic E-state index is 13.4. The van der Waals surface area contributed by atoms with Crippen molar-refractivity contribution in [2.24, 2.45) is 0 Å². The van der Waals surface area contributed by atoms with Crippen LogP contribution in [0.5, 0.6) is 0 Å². The van der Waals surface area contributed by atoms with Crippen LogP contribution < -0.4 is 0 Å². The first-order valence-corrected chi connectivity index (χ1v) is 10.5. The number of nitrogens with zero attached hydrogens (tertiary/aromatic N) is 3. The number of carbonyl (C=O) groups excluding carboxylic acids is 1. The van der Waals surface area contributed by atoms with Crippen LogP contribution in [0.1, 0.15) is 11.6 Å². The van der Waals surface area contributed by atoms with Crippen LogP contribution in [0.15, 0.2) is 65.1 Å². The lowest BCUT2D eigenvalue weighted by molar-refractivity contribution is -0.384. The SMILES string of the molecule is O=C(C(=Cc1ccc(-c2ccc([N+](=O)[O-])cc2)o1)c1nc2ccccc2[nH]1)N1CCOCC1. The number of fused-ring (bicyclic) bond motifs is 1. The smallest absolute Gasteiger partial charge is 0.269 e. The fraction of sp³-hybridized carbons (Fsp3) is 0.167.